The number of hydrogen-bond donors (Lipinski definition) is 1. The van der Waals surface area contributed by atoms with E-state index in [0.717, 1.165) is 32.9 Å². The molecule has 1 unspecified atom stereocenters. The van der Waals surface area contributed by atoms with E-state index in [2.05, 4.69) is 39.1 Å². The molecule has 2 N–H and O–H groups in total. The van der Waals surface area contributed by atoms with Crippen LogP contribution >= 0.6 is 34.2 Å². The predicted octanol–water partition coefficient (Wildman–Crippen LogP) is 3.40. The zero-order valence-corrected chi connectivity index (χ0v) is 13.0. The van der Waals surface area contributed by atoms with Gasteiger partial charge in [-0.2, -0.15) is 0 Å². The minimum Gasteiger partial charge on any atom is -0.335 e. The lowest BCUT2D eigenvalue weighted by atomic mass is 10.0. The molecule has 96 valence electrons. The molecular weight excluding hydrogens is 361 g/mol. The van der Waals surface area contributed by atoms with Crippen molar-refractivity contribution in [3.63, 3.8) is 0 Å². The molecule has 0 spiro atoms. The predicted molar refractivity (Wildman–Crippen MR) is 82.7 cm³/mol. The summed E-state index contributed by atoms with van der Waals surface area (Å²) in [5.74, 6) is 1.01. The monoisotopic (exact) mass is 375 g/mol. The summed E-state index contributed by atoms with van der Waals surface area (Å²) in [5, 5.41) is 0.722. The average molecular weight is 376 g/mol. The normalized spacial score (nSPS) is 12.7. The van der Waals surface area contributed by atoms with Crippen LogP contribution in [0, 0.1) is 3.57 Å². The Balaban J connectivity index is 2.21. The molecule has 0 saturated heterocycles. The minimum atomic E-state index is -0.0803. The van der Waals surface area contributed by atoms with Crippen LogP contribution in [0.1, 0.15) is 24.4 Å². The number of imidazole rings is 1. The molecule has 3 nitrogen and oxygen atoms in total. The molecule has 1 atom stereocenters. The van der Waals surface area contributed by atoms with E-state index in [-0.39, 0.29) is 6.04 Å². The number of benzene rings is 1. The first kappa shape index (κ1) is 13.8. The van der Waals surface area contributed by atoms with Crippen LogP contribution in [0.2, 0.25) is 5.02 Å². The van der Waals surface area contributed by atoms with Crippen molar-refractivity contribution in [1.82, 2.24) is 9.55 Å². The summed E-state index contributed by atoms with van der Waals surface area (Å²) in [5.41, 5.74) is 7.34. The Kier molecular flexibility index (Phi) is 4.64. The quantitative estimate of drug-likeness (QED) is 0.832. The Morgan fingerprint density at radius 2 is 2.28 bits per heavy atom. The summed E-state index contributed by atoms with van der Waals surface area (Å²) in [6, 6.07) is 5.73. The fraction of sp³-hybridized carbons (Fsp3) is 0.308. The topological polar surface area (TPSA) is 43.8 Å². The lowest BCUT2D eigenvalue weighted by Crippen LogP contribution is -2.17. The zero-order valence-electron chi connectivity index (χ0n) is 10.1. The van der Waals surface area contributed by atoms with E-state index < -0.39 is 0 Å². The van der Waals surface area contributed by atoms with Crippen molar-refractivity contribution in [1.29, 1.82) is 0 Å². The fourth-order valence-corrected chi connectivity index (χ4v) is 2.84. The molecule has 0 fully saturated rings. The van der Waals surface area contributed by atoms with Crippen LogP contribution in [0.3, 0.4) is 0 Å². The van der Waals surface area contributed by atoms with E-state index in [0.29, 0.717) is 0 Å². The Labute approximate surface area is 125 Å². The van der Waals surface area contributed by atoms with Crippen LogP contribution in [0.4, 0.5) is 0 Å². The highest BCUT2D eigenvalue weighted by Crippen LogP contribution is 2.24. The Morgan fingerprint density at radius 1 is 1.50 bits per heavy atom. The van der Waals surface area contributed by atoms with Crippen LogP contribution in [0.25, 0.3) is 0 Å². The van der Waals surface area contributed by atoms with Gasteiger partial charge in [0.25, 0.3) is 0 Å². The van der Waals surface area contributed by atoms with E-state index in [4.69, 9.17) is 17.3 Å². The van der Waals surface area contributed by atoms with E-state index in [1.807, 2.05) is 30.6 Å². The number of halogens is 2. The smallest absolute Gasteiger partial charge is 0.110 e. The zero-order chi connectivity index (χ0) is 13.1. The van der Waals surface area contributed by atoms with Gasteiger partial charge in [0, 0.05) is 40.0 Å². The molecule has 0 aliphatic carbocycles. The van der Waals surface area contributed by atoms with Gasteiger partial charge in [-0.25, -0.2) is 4.98 Å². The molecule has 0 radical (unpaired) electrons. The number of hydrogen-bond acceptors (Lipinski definition) is 2. The van der Waals surface area contributed by atoms with E-state index in [1.165, 1.54) is 0 Å². The first-order chi connectivity index (χ1) is 8.61. The van der Waals surface area contributed by atoms with Gasteiger partial charge in [0.2, 0.25) is 0 Å². The van der Waals surface area contributed by atoms with Crippen molar-refractivity contribution in [2.75, 3.05) is 0 Å². The van der Waals surface area contributed by atoms with Crippen molar-refractivity contribution in [3.8, 4) is 0 Å². The molecule has 2 rings (SSSR count). The van der Waals surface area contributed by atoms with Gasteiger partial charge in [-0.15, -0.1) is 0 Å². The number of nitrogens with zero attached hydrogens (tertiary/aromatic N) is 2. The summed E-state index contributed by atoms with van der Waals surface area (Å²) < 4.78 is 3.25. The minimum absolute atomic E-state index is 0.0803. The Bertz CT molecular complexity index is 539. The molecule has 5 heteroatoms. The highest BCUT2D eigenvalue weighted by Gasteiger charge is 2.14. The Hall–Kier alpha value is -0.590. The molecule has 1 aromatic carbocycles. The van der Waals surface area contributed by atoms with Gasteiger partial charge in [0.1, 0.15) is 5.82 Å². The summed E-state index contributed by atoms with van der Waals surface area (Å²) in [6.07, 6.45) is 4.51. The fourth-order valence-electron chi connectivity index (χ4n) is 1.92. The van der Waals surface area contributed by atoms with E-state index in [1.54, 1.807) is 0 Å². The molecule has 0 aliphatic rings. The highest BCUT2D eigenvalue weighted by molar-refractivity contribution is 14.1. The molecule has 0 bridgehead atoms. The van der Waals surface area contributed by atoms with Gasteiger partial charge in [0.15, 0.2) is 0 Å². The summed E-state index contributed by atoms with van der Waals surface area (Å²) in [4.78, 5) is 4.35. The molecule has 0 saturated carbocycles. The van der Waals surface area contributed by atoms with Gasteiger partial charge in [0.05, 0.1) is 0 Å². The van der Waals surface area contributed by atoms with Crippen molar-refractivity contribution in [2.24, 2.45) is 5.73 Å². The largest absolute Gasteiger partial charge is 0.335 e. The van der Waals surface area contributed by atoms with Crippen LogP contribution in [0.5, 0.6) is 0 Å². The maximum Gasteiger partial charge on any atom is 0.110 e. The lowest BCUT2D eigenvalue weighted by Gasteiger charge is -2.14. The second-order valence-corrected chi connectivity index (χ2v) is 5.70. The molecular formula is C13H15ClIN3. The van der Waals surface area contributed by atoms with Crippen LogP contribution in [-0.4, -0.2) is 9.55 Å². The third-order valence-corrected chi connectivity index (χ3v) is 4.12. The van der Waals surface area contributed by atoms with Crippen LogP contribution < -0.4 is 5.73 Å². The van der Waals surface area contributed by atoms with E-state index >= 15 is 0 Å². The van der Waals surface area contributed by atoms with Crippen molar-refractivity contribution in [3.05, 3.63) is 50.6 Å². The number of nitrogens with two attached hydrogens (primary N) is 1. The number of aryl methyl sites for hydroxylation is 1. The maximum absolute atomic E-state index is 6.26. The second kappa shape index (κ2) is 6.04. The molecule has 0 aliphatic heterocycles. The van der Waals surface area contributed by atoms with Gasteiger partial charge < -0.3 is 10.3 Å². The summed E-state index contributed by atoms with van der Waals surface area (Å²) >= 11 is 8.31. The molecule has 18 heavy (non-hydrogen) atoms. The third kappa shape index (κ3) is 3.05. The maximum atomic E-state index is 6.26. The van der Waals surface area contributed by atoms with Crippen molar-refractivity contribution >= 4 is 34.2 Å². The van der Waals surface area contributed by atoms with Gasteiger partial charge >= 0.3 is 0 Å². The van der Waals surface area contributed by atoms with E-state index in [9.17, 15) is 0 Å². The summed E-state index contributed by atoms with van der Waals surface area (Å²) in [7, 11) is 0. The number of aromatic nitrogens is 2. The van der Waals surface area contributed by atoms with Crippen molar-refractivity contribution in [2.45, 2.75) is 25.9 Å². The molecule has 2 aromatic rings. The standard InChI is InChI=1S/C13H15ClIN3/c1-2-18-6-5-17-13(18)8-12(16)10-7-9(14)3-4-11(10)15/h3-7,12H,2,8,16H2,1H3. The molecule has 1 heterocycles. The van der Waals surface area contributed by atoms with Crippen molar-refractivity contribution < 1.29 is 0 Å². The Morgan fingerprint density at radius 3 is 3.00 bits per heavy atom. The number of rotatable bonds is 4. The van der Waals surface area contributed by atoms with Gasteiger partial charge in [-0.3, -0.25) is 0 Å². The van der Waals surface area contributed by atoms with Gasteiger partial charge in [-0.05, 0) is 53.3 Å². The SMILES string of the molecule is CCn1ccnc1CC(N)c1cc(Cl)ccc1I. The lowest BCUT2D eigenvalue weighted by molar-refractivity contribution is 0.626. The summed E-state index contributed by atoms with van der Waals surface area (Å²) in [6.45, 7) is 3.01. The second-order valence-electron chi connectivity index (χ2n) is 4.11. The average Bonchev–Trinajstić information content (AvgIpc) is 2.79. The molecule has 0 amide bonds. The molecule has 1 aromatic heterocycles. The van der Waals surface area contributed by atoms with Gasteiger partial charge in [-0.1, -0.05) is 11.6 Å². The first-order valence-electron chi connectivity index (χ1n) is 5.82. The van der Waals surface area contributed by atoms with Crippen LogP contribution in [0.15, 0.2) is 30.6 Å². The first-order valence-corrected chi connectivity index (χ1v) is 7.28. The third-order valence-electron chi connectivity index (χ3n) is 2.90. The highest BCUT2D eigenvalue weighted by atomic mass is 127. The van der Waals surface area contributed by atoms with Crippen LogP contribution in [-0.2, 0) is 13.0 Å².